The van der Waals surface area contributed by atoms with Crippen molar-refractivity contribution in [3.63, 3.8) is 0 Å². The van der Waals surface area contributed by atoms with E-state index in [1.54, 1.807) is 18.0 Å². The Hall–Kier alpha value is -0.460. The quantitative estimate of drug-likeness (QED) is 0.770. The summed E-state index contributed by atoms with van der Waals surface area (Å²) in [7, 11) is 1.65. The van der Waals surface area contributed by atoms with Gasteiger partial charge in [-0.3, -0.25) is 0 Å². The highest BCUT2D eigenvalue weighted by Gasteiger charge is 2.13. The van der Waals surface area contributed by atoms with E-state index in [1.165, 1.54) is 0 Å². The van der Waals surface area contributed by atoms with E-state index in [0.717, 1.165) is 5.69 Å². The van der Waals surface area contributed by atoms with Crippen LogP contribution in [0.4, 0.5) is 0 Å². The Bertz CT molecular complexity index is 267. The van der Waals surface area contributed by atoms with Crippen LogP contribution in [-0.4, -0.2) is 40.4 Å². The molecule has 0 saturated carbocycles. The molecule has 0 fully saturated rings. The summed E-state index contributed by atoms with van der Waals surface area (Å²) < 4.78 is 6.79. The van der Waals surface area contributed by atoms with Gasteiger partial charge in [0.1, 0.15) is 0 Å². The van der Waals surface area contributed by atoms with Crippen molar-refractivity contribution in [3.05, 3.63) is 11.9 Å². The lowest BCUT2D eigenvalue weighted by molar-refractivity contribution is 0.198. The first-order valence-electron chi connectivity index (χ1n) is 4.42. The number of ether oxygens (including phenoxy) is 1. The number of aliphatic hydroxyl groups is 1. The van der Waals surface area contributed by atoms with Gasteiger partial charge in [-0.25, -0.2) is 4.68 Å². The highest BCUT2D eigenvalue weighted by atomic mass is 79.9. The number of rotatable bonds is 6. The predicted molar refractivity (Wildman–Crippen MR) is 55.3 cm³/mol. The Balaban J connectivity index is 2.61. The molecule has 6 heteroatoms. The Morgan fingerprint density at radius 3 is 3.14 bits per heavy atom. The first kappa shape index (κ1) is 11.6. The third kappa shape index (κ3) is 3.04. The van der Waals surface area contributed by atoms with Crippen LogP contribution in [0.1, 0.15) is 16.9 Å². The van der Waals surface area contributed by atoms with Gasteiger partial charge in [0, 0.05) is 20.3 Å². The van der Waals surface area contributed by atoms with Crippen LogP contribution >= 0.6 is 15.9 Å². The minimum Gasteiger partial charge on any atom is -0.396 e. The summed E-state index contributed by atoms with van der Waals surface area (Å²) in [6.07, 6.45) is 2.39. The summed E-state index contributed by atoms with van der Waals surface area (Å²) >= 11 is 3.48. The minimum atomic E-state index is 0.0983. The number of aromatic nitrogens is 3. The lowest BCUT2D eigenvalue weighted by Gasteiger charge is -2.09. The lowest BCUT2D eigenvalue weighted by Crippen LogP contribution is -2.10. The number of alkyl halides is 1. The molecule has 5 nitrogen and oxygen atoms in total. The van der Waals surface area contributed by atoms with Crippen molar-refractivity contribution in [2.45, 2.75) is 17.8 Å². The van der Waals surface area contributed by atoms with Crippen molar-refractivity contribution in [3.8, 4) is 0 Å². The number of nitrogens with zero attached hydrogens (tertiary/aromatic N) is 3. The maximum absolute atomic E-state index is 8.70. The van der Waals surface area contributed by atoms with E-state index in [9.17, 15) is 0 Å². The normalized spacial score (nSPS) is 13.1. The van der Waals surface area contributed by atoms with Gasteiger partial charge < -0.3 is 9.84 Å². The smallest absolute Gasteiger partial charge is 0.0814 e. The number of methoxy groups -OCH3 is 1. The number of aryl methyl sites for hydroxylation is 1. The van der Waals surface area contributed by atoms with E-state index in [-0.39, 0.29) is 11.4 Å². The summed E-state index contributed by atoms with van der Waals surface area (Å²) in [5, 5.41) is 16.5. The zero-order chi connectivity index (χ0) is 10.4. The molecule has 14 heavy (non-hydrogen) atoms. The van der Waals surface area contributed by atoms with Crippen LogP contribution in [-0.2, 0) is 11.3 Å². The van der Waals surface area contributed by atoms with E-state index in [1.807, 2.05) is 0 Å². The van der Waals surface area contributed by atoms with Gasteiger partial charge >= 0.3 is 0 Å². The van der Waals surface area contributed by atoms with Crippen LogP contribution in [0.5, 0.6) is 0 Å². The SMILES string of the molecule is COCC(Br)c1cnnn1CCCO. The van der Waals surface area contributed by atoms with Crippen molar-refractivity contribution in [2.24, 2.45) is 0 Å². The molecule has 0 aliphatic heterocycles. The Morgan fingerprint density at radius 1 is 1.71 bits per heavy atom. The topological polar surface area (TPSA) is 60.2 Å². The van der Waals surface area contributed by atoms with Gasteiger partial charge in [-0.05, 0) is 6.42 Å². The highest BCUT2D eigenvalue weighted by Crippen LogP contribution is 2.21. The molecule has 0 bridgehead atoms. The summed E-state index contributed by atoms with van der Waals surface area (Å²) in [5.41, 5.74) is 0.973. The number of hydrogen-bond acceptors (Lipinski definition) is 4. The van der Waals surface area contributed by atoms with Crippen LogP contribution in [0.3, 0.4) is 0 Å². The second-order valence-corrected chi connectivity index (χ2v) is 3.99. The highest BCUT2D eigenvalue weighted by molar-refractivity contribution is 9.09. The molecule has 1 N–H and O–H groups in total. The fourth-order valence-corrected chi connectivity index (χ4v) is 1.75. The molecule has 0 amide bonds. The van der Waals surface area contributed by atoms with E-state index < -0.39 is 0 Å². The fraction of sp³-hybridized carbons (Fsp3) is 0.750. The standard InChI is InChI=1S/C8H14BrN3O2/c1-14-6-7(9)8-5-10-11-12(8)3-2-4-13/h5,7,13H,2-4,6H2,1H3. The van der Waals surface area contributed by atoms with E-state index in [0.29, 0.717) is 19.6 Å². The number of hydrogen-bond donors (Lipinski definition) is 1. The first-order valence-corrected chi connectivity index (χ1v) is 5.33. The largest absolute Gasteiger partial charge is 0.396 e. The van der Waals surface area contributed by atoms with Gasteiger partial charge in [-0.15, -0.1) is 5.10 Å². The van der Waals surface area contributed by atoms with Gasteiger partial charge in [0.15, 0.2) is 0 Å². The monoisotopic (exact) mass is 263 g/mol. The molecule has 80 valence electrons. The molecular formula is C8H14BrN3O2. The predicted octanol–water partition coefficient (Wildman–Crippen LogP) is 0.743. The molecule has 0 radical (unpaired) electrons. The van der Waals surface area contributed by atoms with Crippen molar-refractivity contribution in [1.82, 2.24) is 15.0 Å². The van der Waals surface area contributed by atoms with Gasteiger partial charge in [0.25, 0.3) is 0 Å². The number of halogens is 1. The second kappa shape index (κ2) is 6.10. The van der Waals surface area contributed by atoms with Crippen molar-refractivity contribution >= 4 is 15.9 Å². The molecule has 0 saturated heterocycles. The van der Waals surface area contributed by atoms with Crippen molar-refractivity contribution in [2.75, 3.05) is 20.3 Å². The molecule has 0 spiro atoms. The minimum absolute atomic E-state index is 0.0983. The van der Waals surface area contributed by atoms with Gasteiger partial charge in [0.2, 0.25) is 0 Å². The molecule has 0 aliphatic carbocycles. The van der Waals surface area contributed by atoms with E-state index in [2.05, 4.69) is 26.2 Å². The zero-order valence-electron chi connectivity index (χ0n) is 8.06. The third-order valence-corrected chi connectivity index (χ3v) is 2.54. The van der Waals surface area contributed by atoms with Crippen LogP contribution < -0.4 is 0 Å². The molecule has 1 aromatic rings. The molecular weight excluding hydrogens is 250 g/mol. The van der Waals surface area contributed by atoms with E-state index in [4.69, 9.17) is 9.84 Å². The average Bonchev–Trinajstić information content (AvgIpc) is 2.63. The second-order valence-electron chi connectivity index (χ2n) is 2.88. The Morgan fingerprint density at radius 2 is 2.50 bits per heavy atom. The molecule has 0 aliphatic rings. The Kier molecular flexibility index (Phi) is 5.06. The Labute approximate surface area is 91.2 Å². The molecule has 1 aromatic heterocycles. The van der Waals surface area contributed by atoms with Gasteiger partial charge in [0.05, 0.1) is 23.3 Å². The zero-order valence-corrected chi connectivity index (χ0v) is 9.64. The van der Waals surface area contributed by atoms with Crippen molar-refractivity contribution < 1.29 is 9.84 Å². The molecule has 1 atom stereocenters. The van der Waals surface area contributed by atoms with Gasteiger partial charge in [-0.1, -0.05) is 21.1 Å². The van der Waals surface area contributed by atoms with E-state index >= 15 is 0 Å². The first-order chi connectivity index (χ1) is 6.79. The molecule has 1 rings (SSSR count). The summed E-state index contributed by atoms with van der Waals surface area (Å²) in [5.74, 6) is 0. The third-order valence-electron chi connectivity index (χ3n) is 1.81. The fourth-order valence-electron chi connectivity index (χ4n) is 1.13. The average molecular weight is 264 g/mol. The lowest BCUT2D eigenvalue weighted by atomic mass is 10.3. The van der Waals surface area contributed by atoms with Crippen LogP contribution in [0.2, 0.25) is 0 Å². The van der Waals surface area contributed by atoms with Gasteiger partial charge in [-0.2, -0.15) is 0 Å². The molecule has 0 aromatic carbocycles. The van der Waals surface area contributed by atoms with Crippen LogP contribution in [0.15, 0.2) is 6.20 Å². The molecule has 1 heterocycles. The maximum Gasteiger partial charge on any atom is 0.0814 e. The number of aliphatic hydroxyl groups excluding tert-OH is 1. The molecule has 1 unspecified atom stereocenters. The summed E-state index contributed by atoms with van der Waals surface area (Å²) in [6, 6.07) is 0. The summed E-state index contributed by atoms with van der Waals surface area (Å²) in [6.45, 7) is 1.42. The van der Waals surface area contributed by atoms with Crippen LogP contribution in [0, 0.1) is 0 Å². The summed E-state index contributed by atoms with van der Waals surface area (Å²) in [4.78, 5) is 0.0983. The van der Waals surface area contributed by atoms with Crippen molar-refractivity contribution in [1.29, 1.82) is 0 Å². The maximum atomic E-state index is 8.70. The van der Waals surface area contributed by atoms with Crippen LogP contribution in [0.25, 0.3) is 0 Å².